The quantitative estimate of drug-likeness (QED) is 0.668. The third-order valence-corrected chi connectivity index (χ3v) is 3.63. The molecule has 72 valence electrons. The maximum absolute atomic E-state index is 2.61. The van der Waals surface area contributed by atoms with Crippen LogP contribution in [-0.2, 0) is 0 Å². The van der Waals surface area contributed by atoms with Gasteiger partial charge in [0.25, 0.3) is 0 Å². The van der Waals surface area contributed by atoms with Gasteiger partial charge in [0.1, 0.15) is 0 Å². The van der Waals surface area contributed by atoms with Gasteiger partial charge in [-0.2, -0.15) is 11.8 Å². The Balaban J connectivity index is 2.17. The van der Waals surface area contributed by atoms with Crippen LogP contribution < -0.4 is 0 Å². The van der Waals surface area contributed by atoms with Crippen LogP contribution in [0.5, 0.6) is 0 Å². The van der Waals surface area contributed by atoms with Gasteiger partial charge >= 0.3 is 0 Å². The van der Waals surface area contributed by atoms with Gasteiger partial charge in [0, 0.05) is 11.8 Å². The van der Waals surface area contributed by atoms with Gasteiger partial charge in [-0.3, -0.25) is 0 Å². The lowest BCUT2D eigenvalue weighted by Crippen LogP contribution is -2.36. The average Bonchev–Trinajstić information content (AvgIpc) is 2.05. The predicted molar refractivity (Wildman–Crippen MR) is 57.8 cm³/mol. The third kappa shape index (κ3) is 3.36. The molecule has 0 aromatic rings. The van der Waals surface area contributed by atoms with Crippen molar-refractivity contribution in [1.82, 2.24) is 4.90 Å². The summed E-state index contributed by atoms with van der Waals surface area (Å²) >= 11 is 2.04. The molecule has 12 heavy (non-hydrogen) atoms. The number of likely N-dealkylation sites (tertiary alicyclic amines) is 1. The van der Waals surface area contributed by atoms with Crippen LogP contribution in [0.3, 0.4) is 0 Å². The Bertz CT molecular complexity index is 117. The molecule has 0 bridgehead atoms. The molecule has 0 radical (unpaired) electrons. The van der Waals surface area contributed by atoms with Crippen LogP contribution in [0.4, 0.5) is 0 Å². The Kier molecular flexibility index (Phi) is 4.44. The molecule has 2 heteroatoms. The van der Waals surface area contributed by atoms with Gasteiger partial charge in [0.2, 0.25) is 0 Å². The normalized spacial score (nSPS) is 22.0. The third-order valence-electron chi connectivity index (χ3n) is 2.49. The zero-order valence-electron chi connectivity index (χ0n) is 8.55. The maximum Gasteiger partial charge on any atom is 0.00685 e. The van der Waals surface area contributed by atoms with Crippen LogP contribution >= 0.6 is 11.8 Å². The van der Waals surface area contributed by atoms with Gasteiger partial charge in [-0.1, -0.05) is 13.8 Å². The van der Waals surface area contributed by atoms with Crippen molar-refractivity contribution >= 4 is 11.8 Å². The van der Waals surface area contributed by atoms with Crippen LogP contribution in [0.15, 0.2) is 0 Å². The highest BCUT2D eigenvalue weighted by atomic mass is 32.2. The van der Waals surface area contributed by atoms with Crippen LogP contribution in [0.25, 0.3) is 0 Å². The Labute approximate surface area is 80.9 Å². The van der Waals surface area contributed by atoms with Crippen LogP contribution in [0.2, 0.25) is 0 Å². The molecular weight excluding hydrogens is 166 g/mol. The summed E-state index contributed by atoms with van der Waals surface area (Å²) in [5, 5.41) is 0.938. The molecule has 0 unspecified atom stereocenters. The van der Waals surface area contributed by atoms with E-state index >= 15 is 0 Å². The molecule has 0 amide bonds. The molecule has 0 N–H and O–H groups in total. The largest absolute Gasteiger partial charge is 0.303 e. The Morgan fingerprint density at radius 3 is 2.33 bits per heavy atom. The fraction of sp³-hybridized carbons (Fsp3) is 1.00. The van der Waals surface area contributed by atoms with Gasteiger partial charge in [-0.15, -0.1) is 0 Å². The molecular formula is C10H21NS. The van der Waals surface area contributed by atoms with Crippen LogP contribution in [0, 0.1) is 5.92 Å². The molecule has 0 saturated carbocycles. The number of rotatable bonds is 3. The number of hydrogen-bond donors (Lipinski definition) is 0. The average molecular weight is 187 g/mol. The molecule has 0 atom stereocenters. The van der Waals surface area contributed by atoms with Crippen molar-refractivity contribution in [3.8, 4) is 0 Å². The van der Waals surface area contributed by atoms with Crippen LogP contribution in [-0.4, -0.2) is 36.0 Å². The number of thioether (sulfide) groups is 1. The Morgan fingerprint density at radius 1 is 1.33 bits per heavy atom. The molecule has 1 fully saturated rings. The molecule has 0 aromatic heterocycles. The van der Waals surface area contributed by atoms with Crippen molar-refractivity contribution in [3.63, 3.8) is 0 Å². The highest BCUT2D eigenvalue weighted by Gasteiger charge is 2.18. The molecule has 1 aliphatic rings. The van der Waals surface area contributed by atoms with E-state index in [9.17, 15) is 0 Å². The van der Waals surface area contributed by atoms with E-state index in [-0.39, 0.29) is 0 Å². The summed E-state index contributed by atoms with van der Waals surface area (Å²) in [6.07, 6.45) is 5.03. The number of piperidine rings is 1. The van der Waals surface area contributed by atoms with Crippen molar-refractivity contribution in [1.29, 1.82) is 0 Å². The fourth-order valence-corrected chi connectivity index (χ4v) is 2.53. The summed E-state index contributed by atoms with van der Waals surface area (Å²) in [7, 11) is 0. The summed E-state index contributed by atoms with van der Waals surface area (Å²) in [6.45, 7) is 8.55. The second-order valence-corrected chi connectivity index (χ2v) is 5.27. The smallest absolute Gasteiger partial charge is 0.00685 e. The molecule has 0 spiro atoms. The summed E-state index contributed by atoms with van der Waals surface area (Å²) < 4.78 is 0. The first-order valence-electron chi connectivity index (χ1n) is 4.97. The zero-order chi connectivity index (χ0) is 8.97. The van der Waals surface area contributed by atoms with Gasteiger partial charge < -0.3 is 4.90 Å². The SMILES string of the molecule is CSC1CCN(CC(C)C)CC1. The van der Waals surface area contributed by atoms with Crippen molar-refractivity contribution in [2.75, 3.05) is 25.9 Å². The first kappa shape index (κ1) is 10.4. The van der Waals surface area contributed by atoms with Gasteiger partial charge in [0.05, 0.1) is 0 Å². The monoisotopic (exact) mass is 187 g/mol. The van der Waals surface area contributed by atoms with Crippen molar-refractivity contribution in [2.24, 2.45) is 5.92 Å². The highest BCUT2D eigenvalue weighted by Crippen LogP contribution is 2.21. The molecule has 1 saturated heterocycles. The van der Waals surface area contributed by atoms with Gasteiger partial charge in [-0.25, -0.2) is 0 Å². The second-order valence-electron chi connectivity index (χ2n) is 4.13. The lowest BCUT2D eigenvalue weighted by molar-refractivity contribution is 0.209. The maximum atomic E-state index is 2.61. The van der Waals surface area contributed by atoms with E-state index < -0.39 is 0 Å². The minimum Gasteiger partial charge on any atom is -0.303 e. The topological polar surface area (TPSA) is 3.24 Å². The summed E-state index contributed by atoms with van der Waals surface area (Å²) in [4.78, 5) is 2.61. The van der Waals surface area contributed by atoms with E-state index in [2.05, 4.69) is 25.0 Å². The molecule has 1 aliphatic heterocycles. The lowest BCUT2D eigenvalue weighted by Gasteiger charge is -2.32. The predicted octanol–water partition coefficient (Wildman–Crippen LogP) is 2.47. The van der Waals surface area contributed by atoms with E-state index in [1.807, 2.05) is 11.8 Å². The molecule has 0 aliphatic carbocycles. The number of hydrogen-bond acceptors (Lipinski definition) is 2. The summed E-state index contributed by atoms with van der Waals surface area (Å²) in [5.74, 6) is 0.829. The minimum atomic E-state index is 0.829. The van der Waals surface area contributed by atoms with Gasteiger partial charge in [0.15, 0.2) is 0 Å². The fourth-order valence-electron chi connectivity index (χ4n) is 1.84. The minimum absolute atomic E-state index is 0.829. The van der Waals surface area contributed by atoms with Crippen molar-refractivity contribution in [2.45, 2.75) is 31.9 Å². The molecule has 1 rings (SSSR count). The summed E-state index contributed by atoms with van der Waals surface area (Å²) in [5.41, 5.74) is 0. The van der Waals surface area contributed by atoms with Crippen LogP contribution in [0.1, 0.15) is 26.7 Å². The van der Waals surface area contributed by atoms with E-state index in [0.717, 1.165) is 11.2 Å². The van der Waals surface area contributed by atoms with E-state index in [1.165, 1.54) is 32.5 Å². The standard InChI is InChI=1S/C10H21NS/c1-9(2)8-11-6-4-10(12-3)5-7-11/h9-10H,4-8H2,1-3H3. The second kappa shape index (κ2) is 5.13. The molecule has 1 heterocycles. The lowest BCUT2D eigenvalue weighted by atomic mass is 10.1. The van der Waals surface area contributed by atoms with Crippen molar-refractivity contribution in [3.05, 3.63) is 0 Å². The highest BCUT2D eigenvalue weighted by molar-refractivity contribution is 7.99. The first-order valence-corrected chi connectivity index (χ1v) is 6.26. The van der Waals surface area contributed by atoms with Crippen molar-refractivity contribution < 1.29 is 0 Å². The Morgan fingerprint density at radius 2 is 1.92 bits per heavy atom. The van der Waals surface area contributed by atoms with E-state index in [4.69, 9.17) is 0 Å². The first-order chi connectivity index (χ1) is 5.72. The number of nitrogens with zero attached hydrogens (tertiary/aromatic N) is 1. The molecule has 0 aromatic carbocycles. The summed E-state index contributed by atoms with van der Waals surface area (Å²) in [6, 6.07) is 0. The van der Waals surface area contributed by atoms with Gasteiger partial charge in [-0.05, 0) is 38.1 Å². The Hall–Kier alpha value is 0.310. The van der Waals surface area contributed by atoms with E-state index in [0.29, 0.717) is 0 Å². The zero-order valence-corrected chi connectivity index (χ0v) is 9.36. The molecule has 1 nitrogen and oxygen atoms in total. The van der Waals surface area contributed by atoms with E-state index in [1.54, 1.807) is 0 Å².